The molecule has 14 heavy (non-hydrogen) atoms. The van der Waals surface area contributed by atoms with Crippen LogP contribution in [0.25, 0.3) is 0 Å². The molecule has 1 rings (SSSR count). The van der Waals surface area contributed by atoms with Crippen molar-refractivity contribution in [3.8, 4) is 0 Å². The fourth-order valence-corrected chi connectivity index (χ4v) is 1.56. The van der Waals surface area contributed by atoms with Gasteiger partial charge in [-0.3, -0.25) is 4.52 Å². The molecule has 0 radical (unpaired) electrons. The van der Waals surface area contributed by atoms with Crippen LogP contribution in [0.3, 0.4) is 0 Å². The summed E-state index contributed by atoms with van der Waals surface area (Å²) >= 11 is 0. The molecule has 3 N–H and O–H groups in total. The van der Waals surface area contributed by atoms with Crippen LogP contribution in [-0.4, -0.2) is 53.7 Å². The highest BCUT2D eigenvalue weighted by atomic mass is 31.2. The number of ether oxygens (including phenoxy) is 1. The van der Waals surface area contributed by atoms with Crippen molar-refractivity contribution in [1.29, 1.82) is 0 Å². The number of alkyl halides is 1. The standard InChI is InChI=1S/C5H11BFO6P/c6-5-3(7)4(8)2(13-5)1-12-14(9,10)11/h2-5,8H,1,6H2,(H2,9,10,11)/t2-,3-,4-,5-/m1/s1. The molecule has 1 heterocycles. The van der Waals surface area contributed by atoms with Crippen LogP contribution in [0.1, 0.15) is 0 Å². The number of phosphoric ester groups is 1. The summed E-state index contributed by atoms with van der Waals surface area (Å²) in [6, 6.07) is -0.796. The molecule has 0 saturated carbocycles. The van der Waals surface area contributed by atoms with E-state index in [0.29, 0.717) is 0 Å². The first-order valence-corrected chi connectivity index (χ1v) is 5.52. The summed E-state index contributed by atoms with van der Waals surface area (Å²) in [6.07, 6.45) is -4.00. The molecule has 0 spiro atoms. The zero-order chi connectivity index (χ0) is 10.9. The summed E-state index contributed by atoms with van der Waals surface area (Å²) in [4.78, 5) is 16.7. The third-order valence-electron chi connectivity index (χ3n) is 1.95. The van der Waals surface area contributed by atoms with Crippen LogP contribution in [0.2, 0.25) is 0 Å². The van der Waals surface area contributed by atoms with Crippen molar-refractivity contribution in [2.75, 3.05) is 6.61 Å². The molecule has 0 bridgehead atoms. The second kappa shape index (κ2) is 4.26. The third-order valence-corrected chi connectivity index (χ3v) is 2.44. The lowest BCUT2D eigenvalue weighted by molar-refractivity contribution is -0.00575. The average Bonchev–Trinajstić information content (AvgIpc) is 2.28. The van der Waals surface area contributed by atoms with Gasteiger partial charge in [0, 0.05) is 0 Å². The van der Waals surface area contributed by atoms with Gasteiger partial charge in [-0.2, -0.15) is 0 Å². The van der Waals surface area contributed by atoms with Crippen LogP contribution in [0.4, 0.5) is 4.39 Å². The van der Waals surface area contributed by atoms with Crippen molar-refractivity contribution in [3.63, 3.8) is 0 Å². The molecule has 0 aromatic rings. The van der Waals surface area contributed by atoms with Crippen LogP contribution >= 0.6 is 7.82 Å². The molecule has 1 aliphatic heterocycles. The van der Waals surface area contributed by atoms with Gasteiger partial charge in [0.05, 0.1) is 12.6 Å². The minimum atomic E-state index is -4.60. The maximum Gasteiger partial charge on any atom is 0.469 e. The van der Waals surface area contributed by atoms with Gasteiger partial charge >= 0.3 is 7.82 Å². The second-order valence-corrected chi connectivity index (χ2v) is 4.34. The molecule has 82 valence electrons. The summed E-state index contributed by atoms with van der Waals surface area (Å²) in [5.41, 5.74) is 0. The maximum absolute atomic E-state index is 13.0. The molecular formula is C5H11BFO6P. The molecular weight excluding hydrogens is 217 g/mol. The van der Waals surface area contributed by atoms with Gasteiger partial charge in [0.2, 0.25) is 0 Å². The van der Waals surface area contributed by atoms with E-state index in [2.05, 4.69) is 4.52 Å². The number of hydrogen-bond donors (Lipinski definition) is 3. The van der Waals surface area contributed by atoms with E-state index in [1.54, 1.807) is 0 Å². The Kier molecular flexibility index (Phi) is 3.68. The van der Waals surface area contributed by atoms with Gasteiger partial charge in [-0.15, -0.1) is 0 Å². The Morgan fingerprint density at radius 1 is 1.57 bits per heavy atom. The van der Waals surface area contributed by atoms with Crippen molar-refractivity contribution in [1.82, 2.24) is 0 Å². The number of hydrogen-bond acceptors (Lipinski definition) is 4. The fraction of sp³-hybridized carbons (Fsp3) is 1.00. The van der Waals surface area contributed by atoms with E-state index in [0.717, 1.165) is 0 Å². The minimum Gasteiger partial charge on any atom is -0.387 e. The van der Waals surface area contributed by atoms with Gasteiger partial charge < -0.3 is 19.6 Å². The van der Waals surface area contributed by atoms with Crippen molar-refractivity contribution in [2.45, 2.75) is 24.4 Å². The molecule has 0 aliphatic carbocycles. The molecule has 1 saturated heterocycles. The molecule has 0 aromatic carbocycles. The summed E-state index contributed by atoms with van der Waals surface area (Å²) in [7, 11) is -3.18. The van der Waals surface area contributed by atoms with E-state index in [1.807, 2.05) is 0 Å². The Hall–Kier alpha value is 0.0249. The quantitative estimate of drug-likeness (QED) is 0.387. The Labute approximate surface area is 80.7 Å². The van der Waals surface area contributed by atoms with Gasteiger partial charge in [-0.25, -0.2) is 8.96 Å². The highest BCUT2D eigenvalue weighted by molar-refractivity contribution is 7.46. The predicted octanol–water partition coefficient (Wildman–Crippen LogP) is -1.85. The van der Waals surface area contributed by atoms with Gasteiger partial charge in [-0.1, -0.05) is 0 Å². The first-order valence-electron chi connectivity index (χ1n) is 3.99. The van der Waals surface area contributed by atoms with E-state index in [9.17, 15) is 14.1 Å². The lowest BCUT2D eigenvalue weighted by Gasteiger charge is -2.14. The van der Waals surface area contributed by atoms with Crippen molar-refractivity contribution < 1.29 is 33.1 Å². The Morgan fingerprint density at radius 2 is 2.14 bits per heavy atom. The summed E-state index contributed by atoms with van der Waals surface area (Å²) in [5, 5.41) is 9.19. The molecule has 4 atom stereocenters. The predicted molar refractivity (Wildman–Crippen MR) is 46.1 cm³/mol. The molecule has 6 nitrogen and oxygen atoms in total. The molecule has 1 aliphatic rings. The zero-order valence-corrected chi connectivity index (χ0v) is 8.30. The number of phosphoric acid groups is 1. The van der Waals surface area contributed by atoms with Crippen LogP contribution in [-0.2, 0) is 13.8 Å². The number of rotatable bonds is 3. The SMILES string of the molecule is B[C@@H]1O[C@H](COP(=O)(O)O)[C@@H](O)[C@H]1F. The summed E-state index contributed by atoms with van der Waals surface area (Å²) in [5.74, 6) is 0. The molecule has 9 heteroatoms. The topological polar surface area (TPSA) is 96.2 Å². The van der Waals surface area contributed by atoms with Crippen LogP contribution in [0.15, 0.2) is 0 Å². The third kappa shape index (κ3) is 3.01. The lowest BCUT2D eigenvalue weighted by atomic mass is 9.94. The number of aliphatic hydroxyl groups is 1. The first-order chi connectivity index (χ1) is 6.31. The summed E-state index contributed by atoms with van der Waals surface area (Å²) < 4.78 is 32.2. The van der Waals surface area contributed by atoms with Crippen LogP contribution in [0.5, 0.6) is 0 Å². The molecule has 0 amide bonds. The van der Waals surface area contributed by atoms with Crippen molar-refractivity contribution in [2.24, 2.45) is 0 Å². The van der Waals surface area contributed by atoms with Gasteiger partial charge in [0.25, 0.3) is 0 Å². The van der Waals surface area contributed by atoms with Gasteiger partial charge in [0.15, 0.2) is 0 Å². The highest BCUT2D eigenvalue weighted by Gasteiger charge is 2.42. The Balaban J connectivity index is 2.44. The minimum absolute atomic E-state index is 0.532. The monoisotopic (exact) mass is 228 g/mol. The lowest BCUT2D eigenvalue weighted by Crippen LogP contribution is -2.31. The largest absolute Gasteiger partial charge is 0.469 e. The number of aliphatic hydroxyl groups excluding tert-OH is 1. The van der Waals surface area contributed by atoms with E-state index in [-0.39, 0.29) is 0 Å². The maximum atomic E-state index is 13.0. The van der Waals surface area contributed by atoms with E-state index in [4.69, 9.17) is 14.5 Å². The van der Waals surface area contributed by atoms with Crippen LogP contribution in [0, 0.1) is 0 Å². The zero-order valence-electron chi connectivity index (χ0n) is 7.41. The van der Waals surface area contributed by atoms with E-state index in [1.165, 1.54) is 7.85 Å². The van der Waals surface area contributed by atoms with Crippen LogP contribution < -0.4 is 0 Å². The first kappa shape index (κ1) is 12.1. The molecule has 1 fully saturated rings. The molecule has 0 aromatic heterocycles. The average molecular weight is 228 g/mol. The van der Waals surface area contributed by atoms with E-state index < -0.39 is 38.8 Å². The fourth-order valence-electron chi connectivity index (χ4n) is 1.22. The Bertz CT molecular complexity index is 246. The number of halogens is 1. The summed E-state index contributed by atoms with van der Waals surface area (Å²) in [6.45, 7) is -0.532. The Morgan fingerprint density at radius 3 is 2.50 bits per heavy atom. The normalized spacial score (nSPS) is 38.9. The van der Waals surface area contributed by atoms with Gasteiger partial charge in [0.1, 0.15) is 26.2 Å². The highest BCUT2D eigenvalue weighted by Crippen LogP contribution is 2.37. The second-order valence-electron chi connectivity index (χ2n) is 3.10. The van der Waals surface area contributed by atoms with Gasteiger partial charge in [-0.05, 0) is 0 Å². The van der Waals surface area contributed by atoms with Crippen molar-refractivity contribution in [3.05, 3.63) is 0 Å². The van der Waals surface area contributed by atoms with Crippen molar-refractivity contribution >= 4 is 15.7 Å². The van der Waals surface area contributed by atoms with E-state index >= 15 is 0 Å². The smallest absolute Gasteiger partial charge is 0.387 e. The molecule has 0 unspecified atom stereocenters.